The smallest absolute Gasteiger partial charge is 0.0941 e. The molecular formula is C10H19N3S. The lowest BCUT2D eigenvalue weighted by molar-refractivity contribution is 0.634. The summed E-state index contributed by atoms with van der Waals surface area (Å²) in [4.78, 5) is 4.47. The third-order valence-corrected chi connectivity index (χ3v) is 2.93. The number of aromatic nitrogens is 1. The van der Waals surface area contributed by atoms with E-state index in [1.807, 2.05) is 0 Å². The van der Waals surface area contributed by atoms with Crippen LogP contribution >= 0.6 is 11.3 Å². The second-order valence-electron chi connectivity index (χ2n) is 3.30. The van der Waals surface area contributed by atoms with E-state index in [4.69, 9.17) is 5.73 Å². The van der Waals surface area contributed by atoms with Gasteiger partial charge in [0.15, 0.2) is 0 Å². The van der Waals surface area contributed by atoms with Crippen molar-refractivity contribution in [2.45, 2.75) is 32.7 Å². The molecule has 14 heavy (non-hydrogen) atoms. The van der Waals surface area contributed by atoms with Gasteiger partial charge in [0.05, 0.1) is 10.7 Å². The average Bonchev–Trinajstić information content (AvgIpc) is 2.61. The number of thiazole rings is 1. The van der Waals surface area contributed by atoms with Gasteiger partial charge >= 0.3 is 0 Å². The van der Waals surface area contributed by atoms with Crippen LogP contribution in [0.25, 0.3) is 0 Å². The van der Waals surface area contributed by atoms with Gasteiger partial charge in [0.25, 0.3) is 0 Å². The third kappa shape index (κ3) is 4.17. The van der Waals surface area contributed by atoms with Crippen LogP contribution in [0.2, 0.25) is 0 Å². The molecule has 0 fully saturated rings. The molecular weight excluding hydrogens is 194 g/mol. The highest BCUT2D eigenvalue weighted by molar-refractivity contribution is 7.09. The molecule has 0 amide bonds. The number of rotatable bonds is 7. The van der Waals surface area contributed by atoms with Gasteiger partial charge in [0, 0.05) is 18.3 Å². The lowest BCUT2D eigenvalue weighted by Crippen LogP contribution is -2.14. The zero-order valence-electron chi connectivity index (χ0n) is 8.75. The van der Waals surface area contributed by atoms with Crippen molar-refractivity contribution in [3.63, 3.8) is 0 Å². The largest absolute Gasteiger partial charge is 0.330 e. The summed E-state index contributed by atoms with van der Waals surface area (Å²) in [6.45, 7) is 4.86. The van der Waals surface area contributed by atoms with Crippen LogP contribution < -0.4 is 11.1 Å². The first kappa shape index (κ1) is 11.6. The molecule has 0 atom stereocenters. The summed E-state index contributed by atoms with van der Waals surface area (Å²) in [6, 6.07) is 0. The van der Waals surface area contributed by atoms with E-state index in [1.165, 1.54) is 12.8 Å². The monoisotopic (exact) mass is 213 g/mol. The van der Waals surface area contributed by atoms with Crippen LogP contribution in [-0.4, -0.2) is 18.1 Å². The molecule has 0 saturated heterocycles. The minimum absolute atomic E-state index is 0.691. The fourth-order valence-corrected chi connectivity index (χ4v) is 2.00. The molecule has 0 aliphatic rings. The minimum Gasteiger partial charge on any atom is -0.330 e. The number of nitrogens with one attached hydrogen (secondary N) is 1. The average molecular weight is 213 g/mol. The molecule has 1 rings (SSSR count). The zero-order valence-corrected chi connectivity index (χ0v) is 9.57. The van der Waals surface area contributed by atoms with E-state index in [9.17, 15) is 0 Å². The quantitative estimate of drug-likeness (QED) is 0.675. The summed E-state index contributed by atoms with van der Waals surface area (Å²) < 4.78 is 0. The molecule has 0 bridgehead atoms. The maximum Gasteiger partial charge on any atom is 0.0941 e. The van der Waals surface area contributed by atoms with Gasteiger partial charge in [-0.05, 0) is 19.5 Å². The lowest BCUT2D eigenvalue weighted by atomic mass is 10.3. The Morgan fingerprint density at radius 1 is 1.57 bits per heavy atom. The Morgan fingerprint density at radius 3 is 3.14 bits per heavy atom. The first-order chi connectivity index (χ1) is 6.86. The Bertz CT molecular complexity index is 247. The van der Waals surface area contributed by atoms with Crippen LogP contribution in [0.1, 0.15) is 30.5 Å². The van der Waals surface area contributed by atoms with Crippen molar-refractivity contribution in [3.8, 4) is 0 Å². The fourth-order valence-electron chi connectivity index (χ4n) is 1.19. The summed E-state index contributed by atoms with van der Waals surface area (Å²) in [6.07, 6.45) is 3.38. The molecule has 0 saturated carbocycles. The standard InChI is InChI=1S/C10H19N3S/c1-2-3-6-12-7-9-8-14-10(13-9)4-5-11/h8,12H,2-7,11H2,1H3. The van der Waals surface area contributed by atoms with Gasteiger partial charge in [-0.2, -0.15) is 0 Å². The molecule has 0 radical (unpaired) electrons. The van der Waals surface area contributed by atoms with Crippen LogP contribution in [0.5, 0.6) is 0 Å². The van der Waals surface area contributed by atoms with E-state index < -0.39 is 0 Å². The van der Waals surface area contributed by atoms with E-state index in [0.29, 0.717) is 6.54 Å². The Hall–Kier alpha value is -0.450. The molecule has 0 aliphatic heterocycles. The van der Waals surface area contributed by atoms with Gasteiger partial charge in [0.1, 0.15) is 0 Å². The summed E-state index contributed by atoms with van der Waals surface area (Å²) in [7, 11) is 0. The summed E-state index contributed by atoms with van der Waals surface area (Å²) in [5, 5.41) is 6.64. The summed E-state index contributed by atoms with van der Waals surface area (Å²) in [5.74, 6) is 0. The summed E-state index contributed by atoms with van der Waals surface area (Å²) in [5.41, 5.74) is 6.61. The van der Waals surface area contributed by atoms with Crippen LogP contribution in [0, 0.1) is 0 Å². The summed E-state index contributed by atoms with van der Waals surface area (Å²) >= 11 is 1.71. The zero-order chi connectivity index (χ0) is 10.2. The van der Waals surface area contributed by atoms with Crippen molar-refractivity contribution in [1.82, 2.24) is 10.3 Å². The first-order valence-corrected chi connectivity index (χ1v) is 6.08. The van der Waals surface area contributed by atoms with E-state index in [-0.39, 0.29) is 0 Å². The van der Waals surface area contributed by atoms with Gasteiger partial charge < -0.3 is 11.1 Å². The second-order valence-corrected chi connectivity index (χ2v) is 4.24. The Morgan fingerprint density at radius 2 is 2.43 bits per heavy atom. The molecule has 1 heterocycles. The van der Waals surface area contributed by atoms with Gasteiger partial charge in [0.2, 0.25) is 0 Å². The molecule has 1 aromatic rings. The Balaban J connectivity index is 2.22. The molecule has 1 aromatic heterocycles. The number of nitrogens with zero attached hydrogens (tertiary/aromatic N) is 1. The van der Waals surface area contributed by atoms with E-state index >= 15 is 0 Å². The van der Waals surface area contributed by atoms with Crippen molar-refractivity contribution in [2.75, 3.05) is 13.1 Å². The Labute approximate surface area is 89.7 Å². The SMILES string of the molecule is CCCCNCc1csc(CCN)n1. The molecule has 0 unspecified atom stereocenters. The fraction of sp³-hybridized carbons (Fsp3) is 0.700. The highest BCUT2D eigenvalue weighted by Crippen LogP contribution is 2.09. The van der Waals surface area contributed by atoms with Crippen molar-refractivity contribution >= 4 is 11.3 Å². The van der Waals surface area contributed by atoms with Crippen LogP contribution in [-0.2, 0) is 13.0 Å². The third-order valence-electron chi connectivity index (χ3n) is 1.97. The van der Waals surface area contributed by atoms with Crippen LogP contribution in [0.15, 0.2) is 5.38 Å². The van der Waals surface area contributed by atoms with Gasteiger partial charge in [-0.25, -0.2) is 4.98 Å². The highest BCUT2D eigenvalue weighted by Gasteiger charge is 1.99. The maximum absolute atomic E-state index is 5.46. The normalized spacial score (nSPS) is 10.7. The molecule has 0 aliphatic carbocycles. The van der Waals surface area contributed by atoms with Gasteiger partial charge in [-0.15, -0.1) is 11.3 Å². The number of nitrogens with two attached hydrogens (primary N) is 1. The molecule has 3 N–H and O–H groups in total. The Kier molecular flexibility index (Phi) is 5.75. The number of unbranched alkanes of at least 4 members (excludes halogenated alkanes) is 1. The van der Waals surface area contributed by atoms with Crippen molar-refractivity contribution in [3.05, 3.63) is 16.1 Å². The molecule has 0 spiro atoms. The van der Waals surface area contributed by atoms with E-state index in [2.05, 4.69) is 22.6 Å². The highest BCUT2D eigenvalue weighted by atomic mass is 32.1. The molecule has 80 valence electrons. The number of hydrogen-bond acceptors (Lipinski definition) is 4. The molecule has 0 aromatic carbocycles. The second kappa shape index (κ2) is 6.92. The number of hydrogen-bond donors (Lipinski definition) is 2. The molecule has 4 heteroatoms. The van der Waals surface area contributed by atoms with Crippen LogP contribution in [0.4, 0.5) is 0 Å². The first-order valence-electron chi connectivity index (χ1n) is 5.21. The van der Waals surface area contributed by atoms with E-state index in [0.717, 1.165) is 30.2 Å². The van der Waals surface area contributed by atoms with Crippen molar-refractivity contribution in [2.24, 2.45) is 5.73 Å². The minimum atomic E-state index is 0.691. The van der Waals surface area contributed by atoms with Crippen LogP contribution in [0.3, 0.4) is 0 Å². The maximum atomic E-state index is 5.46. The predicted octanol–water partition coefficient (Wildman–Crippen LogP) is 1.53. The van der Waals surface area contributed by atoms with E-state index in [1.54, 1.807) is 11.3 Å². The van der Waals surface area contributed by atoms with Gasteiger partial charge in [-0.1, -0.05) is 13.3 Å². The topological polar surface area (TPSA) is 50.9 Å². The lowest BCUT2D eigenvalue weighted by Gasteiger charge is -1.99. The van der Waals surface area contributed by atoms with Crippen molar-refractivity contribution in [1.29, 1.82) is 0 Å². The van der Waals surface area contributed by atoms with Gasteiger partial charge in [-0.3, -0.25) is 0 Å². The van der Waals surface area contributed by atoms with Crippen molar-refractivity contribution < 1.29 is 0 Å². The predicted molar refractivity (Wildman–Crippen MR) is 61.5 cm³/mol. The molecule has 3 nitrogen and oxygen atoms in total.